The van der Waals surface area contributed by atoms with Crippen molar-refractivity contribution in [3.63, 3.8) is 0 Å². The maximum Gasteiger partial charge on any atom is 0.256 e. The average molecular weight is 313 g/mol. The second-order valence-corrected chi connectivity index (χ2v) is 4.56. The highest BCUT2D eigenvalue weighted by molar-refractivity contribution is 9.10. The van der Waals surface area contributed by atoms with Crippen LogP contribution in [0.3, 0.4) is 0 Å². The quantitative estimate of drug-likeness (QED) is 0.927. The number of carbonyl (C=O) groups excluding carboxylic acids is 1. The van der Waals surface area contributed by atoms with Gasteiger partial charge in [-0.3, -0.25) is 9.78 Å². The van der Waals surface area contributed by atoms with Crippen molar-refractivity contribution in [1.82, 2.24) is 9.97 Å². The highest BCUT2D eigenvalue weighted by Gasteiger charge is 2.08. The van der Waals surface area contributed by atoms with Gasteiger partial charge in [-0.25, -0.2) is 4.98 Å². The summed E-state index contributed by atoms with van der Waals surface area (Å²) in [4.78, 5) is 19.7. The van der Waals surface area contributed by atoms with Crippen molar-refractivity contribution < 1.29 is 4.79 Å². The molecule has 4 nitrogen and oxygen atoms in total. The van der Waals surface area contributed by atoms with Crippen molar-refractivity contribution in [3.8, 4) is 0 Å². The number of benzene rings is 1. The van der Waals surface area contributed by atoms with Crippen molar-refractivity contribution in [1.29, 1.82) is 0 Å². The Morgan fingerprint density at radius 1 is 1.29 bits per heavy atom. The number of rotatable bonds is 2. The second-order valence-electron chi connectivity index (χ2n) is 3.20. The van der Waals surface area contributed by atoms with E-state index < -0.39 is 0 Å². The van der Waals surface area contributed by atoms with E-state index in [2.05, 4.69) is 31.2 Å². The highest BCUT2D eigenvalue weighted by Crippen LogP contribution is 2.20. The molecule has 17 heavy (non-hydrogen) atoms. The van der Waals surface area contributed by atoms with Gasteiger partial charge in [-0.2, -0.15) is 0 Å². The van der Waals surface area contributed by atoms with Crippen LogP contribution in [-0.2, 0) is 0 Å². The van der Waals surface area contributed by atoms with E-state index in [1.807, 2.05) is 0 Å². The molecule has 0 aliphatic rings. The SMILES string of the molecule is O=C(Nc1cnccn1)c1cc(Cl)cc(Br)c1. The maximum atomic E-state index is 11.9. The van der Waals surface area contributed by atoms with E-state index in [4.69, 9.17) is 11.6 Å². The number of anilines is 1. The molecule has 0 bridgehead atoms. The molecule has 1 N–H and O–H groups in total. The Labute approximate surface area is 111 Å². The molecule has 0 fully saturated rings. The number of amides is 1. The number of halogens is 2. The van der Waals surface area contributed by atoms with Gasteiger partial charge < -0.3 is 5.32 Å². The van der Waals surface area contributed by atoms with Gasteiger partial charge in [-0.05, 0) is 18.2 Å². The third kappa shape index (κ3) is 3.25. The summed E-state index contributed by atoms with van der Waals surface area (Å²) in [6.45, 7) is 0. The van der Waals surface area contributed by atoms with Crippen LogP contribution in [0.15, 0.2) is 41.3 Å². The van der Waals surface area contributed by atoms with E-state index in [-0.39, 0.29) is 5.91 Å². The van der Waals surface area contributed by atoms with Crippen LogP contribution in [-0.4, -0.2) is 15.9 Å². The van der Waals surface area contributed by atoms with Crippen LogP contribution in [0.2, 0.25) is 5.02 Å². The first-order valence-electron chi connectivity index (χ1n) is 4.68. The molecule has 2 aromatic rings. The molecular weight excluding hydrogens is 305 g/mol. The smallest absolute Gasteiger partial charge is 0.256 e. The molecule has 1 aromatic heterocycles. The Morgan fingerprint density at radius 2 is 2.12 bits per heavy atom. The molecule has 0 saturated carbocycles. The Balaban J connectivity index is 2.20. The third-order valence-corrected chi connectivity index (χ3v) is 2.61. The van der Waals surface area contributed by atoms with Crippen LogP contribution in [0.25, 0.3) is 0 Å². The topological polar surface area (TPSA) is 54.9 Å². The predicted molar refractivity (Wildman–Crippen MR) is 69.1 cm³/mol. The zero-order valence-corrected chi connectivity index (χ0v) is 10.9. The van der Waals surface area contributed by atoms with Gasteiger partial charge in [0.2, 0.25) is 0 Å². The Kier molecular flexibility index (Phi) is 3.71. The van der Waals surface area contributed by atoms with Crippen LogP contribution in [0.4, 0.5) is 5.82 Å². The van der Waals surface area contributed by atoms with Crippen LogP contribution >= 0.6 is 27.5 Å². The lowest BCUT2D eigenvalue weighted by molar-refractivity contribution is 0.102. The minimum absolute atomic E-state index is 0.284. The van der Waals surface area contributed by atoms with Gasteiger partial charge in [0.05, 0.1) is 6.20 Å². The van der Waals surface area contributed by atoms with Gasteiger partial charge in [0.25, 0.3) is 5.91 Å². The van der Waals surface area contributed by atoms with Crippen molar-refractivity contribution in [2.75, 3.05) is 5.32 Å². The van der Waals surface area contributed by atoms with E-state index in [0.29, 0.717) is 16.4 Å². The first kappa shape index (κ1) is 12.0. The molecule has 0 atom stereocenters. The number of nitrogens with one attached hydrogen (secondary N) is 1. The Morgan fingerprint density at radius 3 is 2.76 bits per heavy atom. The molecule has 0 unspecified atom stereocenters. The van der Waals surface area contributed by atoms with Crippen LogP contribution in [0.5, 0.6) is 0 Å². The number of carbonyl (C=O) groups is 1. The minimum atomic E-state index is -0.284. The largest absolute Gasteiger partial charge is 0.305 e. The maximum absolute atomic E-state index is 11.9. The van der Waals surface area contributed by atoms with Crippen LogP contribution in [0.1, 0.15) is 10.4 Å². The monoisotopic (exact) mass is 311 g/mol. The summed E-state index contributed by atoms with van der Waals surface area (Å²) < 4.78 is 0.745. The lowest BCUT2D eigenvalue weighted by atomic mass is 10.2. The van der Waals surface area contributed by atoms with E-state index in [1.165, 1.54) is 18.6 Å². The van der Waals surface area contributed by atoms with Crippen LogP contribution < -0.4 is 5.32 Å². The Bertz CT molecular complexity index is 527. The van der Waals surface area contributed by atoms with Gasteiger partial charge in [0.15, 0.2) is 5.82 Å². The van der Waals surface area contributed by atoms with E-state index in [0.717, 1.165) is 4.47 Å². The summed E-state index contributed by atoms with van der Waals surface area (Å²) >= 11 is 9.13. The molecular formula is C11H7BrClN3O. The molecule has 86 valence electrons. The summed E-state index contributed by atoms with van der Waals surface area (Å²) in [5.41, 5.74) is 0.454. The molecule has 0 aliphatic carbocycles. The standard InChI is InChI=1S/C11H7BrClN3O/c12-8-3-7(4-9(13)5-8)11(17)16-10-6-14-1-2-15-10/h1-6H,(H,15,16,17). The Hall–Kier alpha value is -1.46. The molecule has 0 radical (unpaired) electrons. The predicted octanol–water partition coefficient (Wildman–Crippen LogP) is 3.14. The van der Waals surface area contributed by atoms with Crippen molar-refractivity contribution >= 4 is 39.3 Å². The van der Waals surface area contributed by atoms with Gasteiger partial charge in [0, 0.05) is 27.5 Å². The van der Waals surface area contributed by atoms with E-state index in [1.54, 1.807) is 18.2 Å². The molecule has 0 aliphatic heterocycles. The highest BCUT2D eigenvalue weighted by atomic mass is 79.9. The molecule has 0 saturated heterocycles. The number of hydrogen-bond acceptors (Lipinski definition) is 3. The second kappa shape index (κ2) is 5.25. The molecule has 1 amide bonds. The van der Waals surface area contributed by atoms with Crippen LogP contribution in [0, 0.1) is 0 Å². The zero-order chi connectivity index (χ0) is 12.3. The first-order chi connectivity index (χ1) is 8.15. The number of hydrogen-bond donors (Lipinski definition) is 1. The van der Waals surface area contributed by atoms with Gasteiger partial charge in [0.1, 0.15) is 0 Å². The fourth-order valence-electron chi connectivity index (χ4n) is 1.24. The minimum Gasteiger partial charge on any atom is -0.305 e. The summed E-state index contributed by atoms with van der Waals surface area (Å²) in [5, 5.41) is 3.11. The number of nitrogens with zero attached hydrogens (tertiary/aromatic N) is 2. The third-order valence-electron chi connectivity index (χ3n) is 1.93. The molecule has 1 aromatic carbocycles. The first-order valence-corrected chi connectivity index (χ1v) is 5.86. The normalized spacial score (nSPS) is 10.0. The lowest BCUT2D eigenvalue weighted by Crippen LogP contribution is -2.13. The van der Waals surface area contributed by atoms with Crippen molar-refractivity contribution in [2.45, 2.75) is 0 Å². The van der Waals surface area contributed by atoms with E-state index in [9.17, 15) is 4.79 Å². The summed E-state index contributed by atoms with van der Waals surface area (Å²) in [6.07, 6.45) is 4.51. The molecule has 1 heterocycles. The van der Waals surface area contributed by atoms with E-state index >= 15 is 0 Å². The number of aromatic nitrogens is 2. The average Bonchev–Trinajstić information content (AvgIpc) is 2.29. The van der Waals surface area contributed by atoms with Crippen molar-refractivity contribution in [3.05, 3.63) is 51.8 Å². The van der Waals surface area contributed by atoms with Gasteiger partial charge >= 0.3 is 0 Å². The summed E-state index contributed by atoms with van der Waals surface area (Å²) in [5.74, 6) is 0.113. The summed E-state index contributed by atoms with van der Waals surface area (Å²) in [7, 11) is 0. The molecule has 0 spiro atoms. The fraction of sp³-hybridized carbons (Fsp3) is 0. The van der Waals surface area contributed by atoms with Gasteiger partial charge in [-0.15, -0.1) is 0 Å². The fourth-order valence-corrected chi connectivity index (χ4v) is 2.10. The molecule has 6 heteroatoms. The molecule has 2 rings (SSSR count). The zero-order valence-electron chi connectivity index (χ0n) is 8.52. The van der Waals surface area contributed by atoms with Crippen molar-refractivity contribution in [2.24, 2.45) is 0 Å². The lowest BCUT2D eigenvalue weighted by Gasteiger charge is -2.04. The van der Waals surface area contributed by atoms with Gasteiger partial charge in [-0.1, -0.05) is 27.5 Å². The summed E-state index contributed by atoms with van der Waals surface area (Å²) in [6, 6.07) is 4.97.